The van der Waals surface area contributed by atoms with Crippen molar-refractivity contribution in [2.24, 2.45) is 0 Å². The number of nitrogen functional groups attached to an aromatic ring is 1. The molecule has 18 heavy (non-hydrogen) atoms. The number of aryl methyl sites for hydroxylation is 1. The van der Waals surface area contributed by atoms with E-state index < -0.39 is 0 Å². The van der Waals surface area contributed by atoms with Crippen molar-refractivity contribution < 1.29 is 0 Å². The maximum atomic E-state index is 9.16. The van der Waals surface area contributed by atoms with E-state index in [1.807, 2.05) is 13.2 Å². The zero-order chi connectivity index (χ0) is 12.9. The maximum Gasteiger partial charge on any atom is 0.161 e. The number of aromatic nitrogens is 3. The number of fused-ring (bicyclic) bond motifs is 1. The second-order valence-corrected chi connectivity index (χ2v) is 5.31. The smallest absolute Gasteiger partial charge is 0.161 e. The van der Waals surface area contributed by atoms with Crippen LogP contribution in [0.2, 0.25) is 0 Å². The van der Waals surface area contributed by atoms with Gasteiger partial charge in [-0.1, -0.05) is 0 Å². The van der Waals surface area contributed by atoms with Gasteiger partial charge in [-0.05, 0) is 26.0 Å². The van der Waals surface area contributed by atoms with Gasteiger partial charge in [-0.15, -0.1) is 11.8 Å². The quantitative estimate of drug-likeness (QED) is 0.660. The second-order valence-electron chi connectivity index (χ2n) is 4.51. The van der Waals surface area contributed by atoms with Crippen LogP contribution < -0.4 is 5.73 Å². The lowest BCUT2D eigenvalue weighted by atomic mass is 10.2. The molecule has 0 radical (unpaired) electrons. The summed E-state index contributed by atoms with van der Waals surface area (Å²) in [6.07, 6.45) is 4.27. The highest BCUT2D eigenvalue weighted by Gasteiger charge is 2.30. The van der Waals surface area contributed by atoms with E-state index in [1.165, 1.54) is 24.6 Å². The molecule has 0 spiro atoms. The zero-order valence-corrected chi connectivity index (χ0v) is 11.1. The van der Waals surface area contributed by atoms with E-state index in [0.29, 0.717) is 22.3 Å². The van der Waals surface area contributed by atoms with Crippen molar-refractivity contribution in [3.8, 4) is 6.07 Å². The van der Waals surface area contributed by atoms with Crippen LogP contribution in [-0.4, -0.2) is 20.9 Å². The molecule has 2 heterocycles. The van der Waals surface area contributed by atoms with Gasteiger partial charge in [0.25, 0.3) is 0 Å². The Labute approximate surface area is 109 Å². The molecule has 2 aromatic rings. The Kier molecular flexibility index (Phi) is 2.45. The highest BCUT2D eigenvalue weighted by atomic mass is 32.2. The van der Waals surface area contributed by atoms with Gasteiger partial charge in [0.05, 0.1) is 5.69 Å². The van der Waals surface area contributed by atoms with Crippen LogP contribution in [0.5, 0.6) is 0 Å². The van der Waals surface area contributed by atoms with Crippen LogP contribution in [0.25, 0.3) is 5.65 Å². The van der Waals surface area contributed by atoms with Gasteiger partial charge in [0.2, 0.25) is 0 Å². The standard InChI is InChI=1S/C12H13N5S/c1-6-9(7-3-4-7)16-17-10(14)8(5-13)12(18-2)15-11(6)17/h7H,3-4,14H2,1-2H3. The fourth-order valence-corrected chi connectivity index (χ4v) is 2.70. The Hall–Kier alpha value is -1.74. The first-order valence-corrected chi connectivity index (χ1v) is 7.02. The summed E-state index contributed by atoms with van der Waals surface area (Å²) in [5.74, 6) is 0.941. The Morgan fingerprint density at radius 1 is 1.50 bits per heavy atom. The summed E-state index contributed by atoms with van der Waals surface area (Å²) < 4.78 is 1.61. The van der Waals surface area contributed by atoms with Crippen molar-refractivity contribution in [1.82, 2.24) is 14.6 Å². The summed E-state index contributed by atoms with van der Waals surface area (Å²) >= 11 is 1.44. The van der Waals surface area contributed by atoms with E-state index in [-0.39, 0.29) is 0 Å². The van der Waals surface area contributed by atoms with Gasteiger partial charge in [-0.3, -0.25) is 0 Å². The lowest BCUT2D eigenvalue weighted by Crippen LogP contribution is -2.05. The Balaban J connectivity index is 2.35. The fraction of sp³-hybridized carbons (Fsp3) is 0.417. The van der Waals surface area contributed by atoms with Crippen LogP contribution in [0.15, 0.2) is 5.03 Å². The van der Waals surface area contributed by atoms with E-state index >= 15 is 0 Å². The molecule has 1 aliphatic carbocycles. The summed E-state index contributed by atoms with van der Waals surface area (Å²) in [7, 11) is 0. The number of thioether (sulfide) groups is 1. The molecule has 1 aliphatic rings. The van der Waals surface area contributed by atoms with Crippen molar-refractivity contribution in [3.63, 3.8) is 0 Å². The lowest BCUT2D eigenvalue weighted by Gasteiger charge is -2.05. The number of nitrogens with zero attached hydrogens (tertiary/aromatic N) is 4. The first-order valence-electron chi connectivity index (χ1n) is 5.80. The van der Waals surface area contributed by atoms with Crippen LogP contribution in [0.4, 0.5) is 5.82 Å². The van der Waals surface area contributed by atoms with E-state index in [4.69, 9.17) is 11.0 Å². The molecule has 6 heteroatoms. The van der Waals surface area contributed by atoms with Crippen LogP contribution in [-0.2, 0) is 0 Å². The molecule has 0 atom stereocenters. The fourth-order valence-electron chi connectivity index (χ4n) is 2.17. The molecule has 5 nitrogen and oxygen atoms in total. The molecule has 0 saturated heterocycles. The predicted octanol–water partition coefficient (Wildman–Crippen LogP) is 2.09. The van der Waals surface area contributed by atoms with Crippen LogP contribution >= 0.6 is 11.8 Å². The molecule has 0 bridgehead atoms. The van der Waals surface area contributed by atoms with E-state index in [0.717, 1.165) is 16.9 Å². The predicted molar refractivity (Wildman–Crippen MR) is 70.6 cm³/mol. The molecule has 0 aliphatic heterocycles. The molecule has 0 aromatic carbocycles. The minimum Gasteiger partial charge on any atom is -0.382 e. The van der Waals surface area contributed by atoms with Crippen LogP contribution in [0.1, 0.15) is 35.6 Å². The Morgan fingerprint density at radius 2 is 2.22 bits per heavy atom. The third kappa shape index (κ3) is 1.47. The topological polar surface area (TPSA) is 80.0 Å². The number of anilines is 1. The number of hydrogen-bond donors (Lipinski definition) is 1. The normalized spacial score (nSPS) is 14.9. The SMILES string of the molecule is CSc1nc2c(C)c(C3CC3)nn2c(N)c1C#N. The highest BCUT2D eigenvalue weighted by molar-refractivity contribution is 7.98. The van der Waals surface area contributed by atoms with Crippen molar-refractivity contribution in [2.75, 3.05) is 12.0 Å². The van der Waals surface area contributed by atoms with Gasteiger partial charge in [0.15, 0.2) is 5.65 Å². The average Bonchev–Trinajstić information content (AvgIpc) is 3.15. The summed E-state index contributed by atoms with van der Waals surface area (Å²) in [6, 6.07) is 2.11. The molecule has 3 rings (SSSR count). The van der Waals surface area contributed by atoms with Crippen LogP contribution in [0, 0.1) is 18.3 Å². The minimum absolute atomic E-state index is 0.391. The third-order valence-corrected chi connectivity index (χ3v) is 3.98. The van der Waals surface area contributed by atoms with Gasteiger partial charge in [0.1, 0.15) is 22.5 Å². The Bertz CT molecular complexity index is 678. The summed E-state index contributed by atoms with van der Waals surface area (Å²) in [5, 5.41) is 14.4. The largest absolute Gasteiger partial charge is 0.382 e. The first kappa shape index (κ1) is 11.4. The zero-order valence-electron chi connectivity index (χ0n) is 10.3. The van der Waals surface area contributed by atoms with Gasteiger partial charge in [0, 0.05) is 11.5 Å². The molecule has 2 aromatic heterocycles. The maximum absolute atomic E-state index is 9.16. The summed E-state index contributed by atoms with van der Waals surface area (Å²) in [5.41, 5.74) is 9.39. The molecular weight excluding hydrogens is 246 g/mol. The molecular formula is C12H13N5S. The minimum atomic E-state index is 0.391. The van der Waals surface area contributed by atoms with E-state index in [2.05, 4.69) is 16.2 Å². The molecule has 92 valence electrons. The third-order valence-electron chi connectivity index (χ3n) is 3.30. The van der Waals surface area contributed by atoms with Crippen molar-refractivity contribution in [2.45, 2.75) is 30.7 Å². The van der Waals surface area contributed by atoms with Gasteiger partial charge >= 0.3 is 0 Å². The van der Waals surface area contributed by atoms with Crippen LogP contribution in [0.3, 0.4) is 0 Å². The molecule has 0 amide bonds. The van der Waals surface area contributed by atoms with Crippen molar-refractivity contribution in [1.29, 1.82) is 5.26 Å². The van der Waals surface area contributed by atoms with Gasteiger partial charge < -0.3 is 5.73 Å². The van der Waals surface area contributed by atoms with E-state index in [9.17, 15) is 0 Å². The molecule has 1 fully saturated rings. The monoisotopic (exact) mass is 259 g/mol. The summed E-state index contributed by atoms with van der Waals surface area (Å²) in [4.78, 5) is 4.52. The number of nitriles is 1. The molecule has 0 unspecified atom stereocenters. The van der Waals surface area contributed by atoms with E-state index in [1.54, 1.807) is 4.52 Å². The molecule has 1 saturated carbocycles. The first-order chi connectivity index (χ1) is 8.67. The number of nitrogens with two attached hydrogens (primary N) is 1. The average molecular weight is 259 g/mol. The number of rotatable bonds is 2. The van der Waals surface area contributed by atoms with Crippen molar-refractivity contribution >= 4 is 23.2 Å². The molecule has 2 N–H and O–H groups in total. The van der Waals surface area contributed by atoms with Crippen molar-refractivity contribution in [3.05, 3.63) is 16.8 Å². The van der Waals surface area contributed by atoms with Gasteiger partial charge in [-0.25, -0.2) is 4.98 Å². The van der Waals surface area contributed by atoms with Gasteiger partial charge in [-0.2, -0.15) is 14.9 Å². The Morgan fingerprint density at radius 3 is 2.78 bits per heavy atom. The lowest BCUT2D eigenvalue weighted by molar-refractivity contribution is 0.874. The number of hydrogen-bond acceptors (Lipinski definition) is 5. The highest BCUT2D eigenvalue weighted by Crippen LogP contribution is 2.42. The summed E-state index contributed by atoms with van der Waals surface area (Å²) in [6.45, 7) is 2.03. The second kappa shape index (κ2) is 3.89.